The number of ether oxygens (including phenoxy) is 1. The summed E-state index contributed by atoms with van der Waals surface area (Å²) >= 11 is 6.00. The van der Waals surface area contributed by atoms with Crippen molar-refractivity contribution in [1.82, 2.24) is 19.9 Å². The molecule has 164 valence electrons. The summed E-state index contributed by atoms with van der Waals surface area (Å²) < 4.78 is 6.17. The standard InChI is InChI=1S/C25H25ClN4O2/c26-21-3-1-18(2-4-21)11-22-13-25(16-32-22)6-9-30(10-7-25)24(31)19-5-8-29-23(12-19)20-14-27-17-28-15-20/h1-5,8,12,14-15,17,22H,6-7,9-11,13,16H2. The molecule has 3 aromatic rings. The second-order valence-electron chi connectivity index (χ2n) is 8.82. The highest BCUT2D eigenvalue weighted by Crippen LogP contribution is 2.43. The highest BCUT2D eigenvalue weighted by Gasteiger charge is 2.43. The van der Waals surface area contributed by atoms with E-state index in [0.717, 1.165) is 56.0 Å². The molecule has 5 rings (SSSR count). The SMILES string of the molecule is O=C(c1ccnc(-c2cncnc2)c1)N1CCC2(CC1)COC(Cc1ccc(Cl)cc1)C2. The van der Waals surface area contributed by atoms with Crippen LogP contribution in [0, 0.1) is 5.41 Å². The number of hydrogen-bond donors (Lipinski definition) is 0. The maximum Gasteiger partial charge on any atom is 0.253 e. The third-order valence-corrected chi connectivity index (χ3v) is 6.89. The van der Waals surface area contributed by atoms with E-state index in [-0.39, 0.29) is 17.4 Å². The molecule has 2 fully saturated rings. The molecular formula is C25H25ClN4O2. The number of likely N-dealkylation sites (tertiary alicyclic amines) is 1. The molecule has 6 nitrogen and oxygen atoms in total. The van der Waals surface area contributed by atoms with Crippen molar-refractivity contribution in [2.24, 2.45) is 5.41 Å². The number of amides is 1. The zero-order valence-corrected chi connectivity index (χ0v) is 18.5. The fourth-order valence-corrected chi connectivity index (χ4v) is 4.90. The number of piperidine rings is 1. The first-order valence-corrected chi connectivity index (χ1v) is 11.3. The van der Waals surface area contributed by atoms with Gasteiger partial charge in [-0.05, 0) is 60.9 Å². The Morgan fingerprint density at radius 2 is 1.88 bits per heavy atom. The molecule has 1 aromatic carbocycles. The summed E-state index contributed by atoms with van der Waals surface area (Å²) in [6.07, 6.45) is 10.7. The van der Waals surface area contributed by atoms with Gasteiger partial charge in [0.2, 0.25) is 0 Å². The number of aromatic nitrogens is 3. The van der Waals surface area contributed by atoms with Crippen LogP contribution in [0.2, 0.25) is 5.02 Å². The van der Waals surface area contributed by atoms with Gasteiger partial charge in [-0.25, -0.2) is 9.97 Å². The van der Waals surface area contributed by atoms with Crippen molar-refractivity contribution in [2.45, 2.75) is 31.8 Å². The van der Waals surface area contributed by atoms with Crippen molar-refractivity contribution in [3.05, 3.63) is 77.5 Å². The monoisotopic (exact) mass is 448 g/mol. The van der Waals surface area contributed by atoms with Gasteiger partial charge in [-0.2, -0.15) is 0 Å². The van der Waals surface area contributed by atoms with Crippen LogP contribution in [0.25, 0.3) is 11.3 Å². The lowest BCUT2D eigenvalue weighted by Crippen LogP contribution is -2.43. The number of benzene rings is 1. The van der Waals surface area contributed by atoms with Crippen LogP contribution in [0.1, 0.15) is 35.2 Å². The van der Waals surface area contributed by atoms with E-state index < -0.39 is 0 Å². The van der Waals surface area contributed by atoms with Gasteiger partial charge in [0.25, 0.3) is 5.91 Å². The second-order valence-corrected chi connectivity index (χ2v) is 9.25. The Morgan fingerprint density at radius 1 is 1.12 bits per heavy atom. The maximum absolute atomic E-state index is 13.1. The van der Waals surface area contributed by atoms with Gasteiger partial charge in [0.1, 0.15) is 6.33 Å². The summed E-state index contributed by atoms with van der Waals surface area (Å²) in [6, 6.07) is 11.6. The molecule has 0 bridgehead atoms. The van der Waals surface area contributed by atoms with Crippen LogP contribution in [0.3, 0.4) is 0 Å². The van der Waals surface area contributed by atoms with Crippen molar-refractivity contribution in [2.75, 3.05) is 19.7 Å². The van der Waals surface area contributed by atoms with Crippen LogP contribution in [0.4, 0.5) is 0 Å². The summed E-state index contributed by atoms with van der Waals surface area (Å²) in [5.74, 6) is 0.0528. The predicted molar refractivity (Wildman–Crippen MR) is 122 cm³/mol. The fourth-order valence-electron chi connectivity index (χ4n) is 4.78. The molecule has 1 amide bonds. The number of hydrogen-bond acceptors (Lipinski definition) is 5. The Balaban J connectivity index is 1.20. The number of pyridine rings is 1. The largest absolute Gasteiger partial charge is 0.377 e. The van der Waals surface area contributed by atoms with E-state index in [1.54, 1.807) is 24.7 Å². The number of nitrogens with zero attached hydrogens (tertiary/aromatic N) is 4. The lowest BCUT2D eigenvalue weighted by Gasteiger charge is -2.38. The molecule has 2 aliphatic heterocycles. The lowest BCUT2D eigenvalue weighted by atomic mass is 9.76. The van der Waals surface area contributed by atoms with Gasteiger partial charge < -0.3 is 9.64 Å². The normalized spacial score (nSPS) is 19.9. The summed E-state index contributed by atoms with van der Waals surface area (Å²) in [4.78, 5) is 27.5. The van der Waals surface area contributed by atoms with E-state index in [1.165, 1.54) is 11.9 Å². The predicted octanol–water partition coefficient (Wildman–Crippen LogP) is 4.45. The third-order valence-electron chi connectivity index (χ3n) is 6.64. The minimum atomic E-state index is 0.0528. The molecular weight excluding hydrogens is 424 g/mol. The van der Waals surface area contributed by atoms with Gasteiger partial charge >= 0.3 is 0 Å². The second kappa shape index (κ2) is 8.96. The summed E-state index contributed by atoms with van der Waals surface area (Å²) in [5.41, 5.74) is 3.59. The van der Waals surface area contributed by atoms with E-state index in [9.17, 15) is 4.79 Å². The van der Waals surface area contributed by atoms with Crippen molar-refractivity contribution < 1.29 is 9.53 Å². The number of halogens is 1. The molecule has 7 heteroatoms. The highest BCUT2D eigenvalue weighted by molar-refractivity contribution is 6.30. The summed E-state index contributed by atoms with van der Waals surface area (Å²) in [7, 11) is 0. The minimum absolute atomic E-state index is 0.0528. The van der Waals surface area contributed by atoms with Crippen LogP contribution in [0.15, 0.2) is 61.3 Å². The van der Waals surface area contributed by atoms with E-state index in [1.807, 2.05) is 23.1 Å². The molecule has 0 N–H and O–H groups in total. The van der Waals surface area contributed by atoms with Crippen LogP contribution < -0.4 is 0 Å². The molecule has 1 atom stereocenters. The van der Waals surface area contributed by atoms with Crippen molar-refractivity contribution in [3.63, 3.8) is 0 Å². The Kier molecular flexibility index (Phi) is 5.89. The van der Waals surface area contributed by atoms with Crippen molar-refractivity contribution in [1.29, 1.82) is 0 Å². The van der Waals surface area contributed by atoms with E-state index in [2.05, 4.69) is 27.1 Å². The fraction of sp³-hybridized carbons (Fsp3) is 0.360. The molecule has 2 aromatic heterocycles. The van der Waals surface area contributed by atoms with E-state index in [0.29, 0.717) is 11.3 Å². The van der Waals surface area contributed by atoms with Gasteiger partial charge in [-0.3, -0.25) is 9.78 Å². The quantitative estimate of drug-likeness (QED) is 0.590. The van der Waals surface area contributed by atoms with Gasteiger partial charge in [0.05, 0.1) is 18.4 Å². The molecule has 2 aliphatic rings. The number of carbonyl (C=O) groups excluding carboxylic acids is 1. The smallest absolute Gasteiger partial charge is 0.253 e. The average molecular weight is 449 g/mol. The van der Waals surface area contributed by atoms with E-state index >= 15 is 0 Å². The third kappa shape index (κ3) is 4.52. The van der Waals surface area contributed by atoms with Crippen molar-refractivity contribution in [3.8, 4) is 11.3 Å². The molecule has 32 heavy (non-hydrogen) atoms. The highest BCUT2D eigenvalue weighted by atomic mass is 35.5. The van der Waals surface area contributed by atoms with Crippen LogP contribution in [0.5, 0.6) is 0 Å². The number of rotatable bonds is 4. The maximum atomic E-state index is 13.1. The molecule has 2 saturated heterocycles. The van der Waals surface area contributed by atoms with Gasteiger partial charge in [0.15, 0.2) is 0 Å². The summed E-state index contributed by atoms with van der Waals surface area (Å²) in [5, 5.41) is 0.757. The van der Waals surface area contributed by atoms with Gasteiger partial charge in [-0.1, -0.05) is 23.7 Å². The Bertz CT molecular complexity index is 1080. The molecule has 0 saturated carbocycles. The van der Waals surface area contributed by atoms with Crippen LogP contribution in [-0.4, -0.2) is 51.6 Å². The molecule has 4 heterocycles. The summed E-state index contributed by atoms with van der Waals surface area (Å²) in [6.45, 7) is 2.28. The first kappa shape index (κ1) is 21.0. The van der Waals surface area contributed by atoms with Crippen LogP contribution >= 0.6 is 11.6 Å². The molecule has 1 spiro atoms. The molecule has 0 radical (unpaired) electrons. The lowest BCUT2D eigenvalue weighted by molar-refractivity contribution is 0.0496. The Labute approximate surface area is 192 Å². The van der Waals surface area contributed by atoms with E-state index in [4.69, 9.17) is 16.3 Å². The van der Waals surface area contributed by atoms with Gasteiger partial charge in [-0.15, -0.1) is 0 Å². The number of carbonyl (C=O) groups is 1. The Morgan fingerprint density at radius 3 is 2.62 bits per heavy atom. The average Bonchev–Trinajstić information content (AvgIpc) is 3.23. The molecule has 1 unspecified atom stereocenters. The Hall–Kier alpha value is -2.83. The first-order valence-electron chi connectivity index (χ1n) is 11.0. The van der Waals surface area contributed by atoms with Crippen LogP contribution in [-0.2, 0) is 11.2 Å². The zero-order valence-electron chi connectivity index (χ0n) is 17.8. The zero-order chi connectivity index (χ0) is 22.0. The molecule has 0 aliphatic carbocycles. The topological polar surface area (TPSA) is 68.2 Å². The van der Waals surface area contributed by atoms with Crippen molar-refractivity contribution >= 4 is 17.5 Å². The first-order chi connectivity index (χ1) is 15.6. The van der Waals surface area contributed by atoms with Gasteiger partial charge in [0, 0.05) is 47.8 Å². The minimum Gasteiger partial charge on any atom is -0.377 e.